The summed E-state index contributed by atoms with van der Waals surface area (Å²) in [6.07, 6.45) is 5.21. The van der Waals surface area contributed by atoms with Crippen molar-refractivity contribution in [3.05, 3.63) is 0 Å². The Labute approximate surface area is 110 Å². The molecule has 0 aromatic rings. The van der Waals surface area contributed by atoms with Gasteiger partial charge in [0.2, 0.25) is 5.91 Å². The summed E-state index contributed by atoms with van der Waals surface area (Å²) >= 11 is 0. The van der Waals surface area contributed by atoms with Crippen LogP contribution < -0.4 is 5.32 Å². The van der Waals surface area contributed by atoms with E-state index in [2.05, 4.69) is 19.2 Å². The maximum absolute atomic E-state index is 12.1. The van der Waals surface area contributed by atoms with Crippen molar-refractivity contribution in [1.29, 1.82) is 0 Å². The van der Waals surface area contributed by atoms with Gasteiger partial charge in [-0.2, -0.15) is 0 Å². The lowest BCUT2D eigenvalue weighted by Crippen LogP contribution is -2.52. The fourth-order valence-corrected chi connectivity index (χ4v) is 2.96. The number of rotatable bonds is 3. The van der Waals surface area contributed by atoms with E-state index in [1.807, 2.05) is 4.90 Å². The molecule has 3 atom stereocenters. The molecule has 4 heteroatoms. The molecule has 4 nitrogen and oxygen atoms in total. The van der Waals surface area contributed by atoms with E-state index in [4.69, 9.17) is 4.74 Å². The van der Waals surface area contributed by atoms with Gasteiger partial charge in [0.15, 0.2) is 0 Å². The van der Waals surface area contributed by atoms with Crippen LogP contribution in [-0.4, -0.2) is 49.2 Å². The van der Waals surface area contributed by atoms with Gasteiger partial charge >= 0.3 is 0 Å². The number of nitrogens with zero attached hydrogens (tertiary/aromatic N) is 1. The highest BCUT2D eigenvalue weighted by molar-refractivity contribution is 5.77. The van der Waals surface area contributed by atoms with E-state index in [0.717, 1.165) is 26.1 Å². The van der Waals surface area contributed by atoms with Crippen molar-refractivity contribution < 1.29 is 9.53 Å². The predicted octanol–water partition coefficient (Wildman–Crippen LogP) is 1.40. The van der Waals surface area contributed by atoms with Gasteiger partial charge in [-0.1, -0.05) is 19.8 Å². The fourth-order valence-electron chi connectivity index (χ4n) is 2.96. The normalized spacial score (nSPS) is 33.4. The van der Waals surface area contributed by atoms with Crippen LogP contribution in [0.15, 0.2) is 0 Å². The Bertz CT molecular complexity index is 283. The molecule has 1 saturated heterocycles. The number of carbonyl (C=O) groups is 1. The largest absolute Gasteiger partial charge is 0.368 e. The van der Waals surface area contributed by atoms with Crippen LogP contribution in [0.1, 0.15) is 39.5 Å². The van der Waals surface area contributed by atoms with Crippen molar-refractivity contribution in [3.63, 3.8) is 0 Å². The van der Waals surface area contributed by atoms with Crippen molar-refractivity contribution in [2.24, 2.45) is 5.92 Å². The van der Waals surface area contributed by atoms with E-state index in [0.29, 0.717) is 18.1 Å². The van der Waals surface area contributed by atoms with Crippen LogP contribution in [0.25, 0.3) is 0 Å². The minimum Gasteiger partial charge on any atom is -0.368 e. The smallest absolute Gasteiger partial charge is 0.248 e. The molecule has 1 aliphatic carbocycles. The summed E-state index contributed by atoms with van der Waals surface area (Å²) < 4.78 is 5.83. The second-order valence-corrected chi connectivity index (χ2v) is 5.81. The van der Waals surface area contributed by atoms with Gasteiger partial charge in [0.1, 0.15) is 6.61 Å². The molecule has 0 unspecified atom stereocenters. The van der Waals surface area contributed by atoms with Crippen molar-refractivity contribution in [2.75, 3.05) is 26.2 Å². The minimum absolute atomic E-state index is 0.154. The molecule has 1 heterocycles. The lowest BCUT2D eigenvalue weighted by atomic mass is 9.88. The number of amides is 1. The fraction of sp³-hybridized carbons (Fsp3) is 0.929. The third-order valence-electron chi connectivity index (χ3n) is 4.18. The third-order valence-corrected chi connectivity index (χ3v) is 4.18. The van der Waals surface area contributed by atoms with Crippen LogP contribution in [0.2, 0.25) is 0 Å². The first kappa shape index (κ1) is 13.8. The molecule has 104 valence electrons. The molecule has 1 amide bonds. The lowest BCUT2D eigenvalue weighted by Gasteiger charge is -2.33. The zero-order chi connectivity index (χ0) is 13.0. The summed E-state index contributed by atoms with van der Waals surface area (Å²) in [6, 6.07) is 0.399. The molecule has 2 rings (SSSR count). The maximum atomic E-state index is 12.1. The standard InChI is InChI=1S/C14H26N2O2/c1-11-5-3-4-6-13(11)18-10-14(17)16-8-7-15-12(2)9-16/h11-13,15H,3-10H2,1-2H3/t11-,12-,13+/m1/s1. The quantitative estimate of drug-likeness (QED) is 0.828. The van der Waals surface area contributed by atoms with Gasteiger partial charge in [0, 0.05) is 25.7 Å². The van der Waals surface area contributed by atoms with Gasteiger partial charge < -0.3 is 15.0 Å². The second-order valence-electron chi connectivity index (χ2n) is 5.81. The number of carbonyl (C=O) groups excluding carboxylic acids is 1. The Morgan fingerprint density at radius 3 is 2.83 bits per heavy atom. The highest BCUT2D eigenvalue weighted by atomic mass is 16.5. The average molecular weight is 254 g/mol. The molecule has 0 spiro atoms. The average Bonchev–Trinajstić information content (AvgIpc) is 2.37. The number of hydrogen-bond donors (Lipinski definition) is 1. The van der Waals surface area contributed by atoms with Crippen LogP contribution in [0, 0.1) is 5.92 Å². The summed E-state index contributed by atoms with van der Waals surface area (Å²) in [7, 11) is 0. The highest BCUT2D eigenvalue weighted by Gasteiger charge is 2.25. The Morgan fingerprint density at radius 2 is 2.11 bits per heavy atom. The Balaban J connectivity index is 1.73. The zero-order valence-corrected chi connectivity index (χ0v) is 11.7. The molecule has 2 aliphatic rings. The van der Waals surface area contributed by atoms with Gasteiger partial charge in [-0.05, 0) is 25.7 Å². The summed E-state index contributed by atoms with van der Waals surface area (Å²) in [4.78, 5) is 14.0. The van der Waals surface area contributed by atoms with E-state index >= 15 is 0 Å². The minimum atomic E-state index is 0.154. The number of hydrogen-bond acceptors (Lipinski definition) is 3. The van der Waals surface area contributed by atoms with Crippen LogP contribution in [-0.2, 0) is 9.53 Å². The number of ether oxygens (including phenoxy) is 1. The van der Waals surface area contributed by atoms with Gasteiger partial charge in [0.25, 0.3) is 0 Å². The number of piperazine rings is 1. The van der Waals surface area contributed by atoms with Crippen LogP contribution in [0.5, 0.6) is 0 Å². The van der Waals surface area contributed by atoms with Gasteiger partial charge in [-0.15, -0.1) is 0 Å². The Morgan fingerprint density at radius 1 is 1.33 bits per heavy atom. The predicted molar refractivity (Wildman–Crippen MR) is 71.4 cm³/mol. The molecule has 1 N–H and O–H groups in total. The maximum Gasteiger partial charge on any atom is 0.248 e. The SMILES string of the molecule is C[C@@H]1CN(C(=O)CO[C@H]2CCCC[C@H]2C)CCN1. The Hall–Kier alpha value is -0.610. The van der Waals surface area contributed by atoms with E-state index < -0.39 is 0 Å². The second kappa shape index (κ2) is 6.53. The van der Waals surface area contributed by atoms with Crippen molar-refractivity contribution >= 4 is 5.91 Å². The molecule has 0 bridgehead atoms. The molecule has 0 radical (unpaired) electrons. The van der Waals surface area contributed by atoms with Crippen LogP contribution in [0.3, 0.4) is 0 Å². The summed E-state index contributed by atoms with van der Waals surface area (Å²) in [5.74, 6) is 0.759. The molecule has 1 saturated carbocycles. The van der Waals surface area contributed by atoms with Crippen molar-refractivity contribution in [3.8, 4) is 0 Å². The monoisotopic (exact) mass is 254 g/mol. The number of nitrogens with one attached hydrogen (secondary N) is 1. The van der Waals surface area contributed by atoms with Gasteiger partial charge in [-0.3, -0.25) is 4.79 Å². The van der Waals surface area contributed by atoms with Gasteiger partial charge in [-0.25, -0.2) is 0 Å². The Kier molecular flexibility index (Phi) is 5.01. The first-order chi connectivity index (χ1) is 8.66. The topological polar surface area (TPSA) is 41.6 Å². The van der Waals surface area contributed by atoms with Crippen LogP contribution >= 0.6 is 0 Å². The molecule has 1 aliphatic heterocycles. The molecule has 2 fully saturated rings. The summed E-state index contributed by atoms with van der Waals surface area (Å²) in [6.45, 7) is 7.13. The van der Waals surface area contributed by atoms with E-state index in [9.17, 15) is 4.79 Å². The highest BCUT2D eigenvalue weighted by Crippen LogP contribution is 2.26. The van der Waals surface area contributed by atoms with E-state index in [1.165, 1.54) is 19.3 Å². The first-order valence-corrected chi connectivity index (χ1v) is 7.29. The third kappa shape index (κ3) is 3.69. The summed E-state index contributed by atoms with van der Waals surface area (Å²) in [5.41, 5.74) is 0. The van der Waals surface area contributed by atoms with E-state index in [-0.39, 0.29) is 12.5 Å². The zero-order valence-electron chi connectivity index (χ0n) is 11.7. The van der Waals surface area contributed by atoms with E-state index in [1.54, 1.807) is 0 Å². The summed E-state index contributed by atoms with van der Waals surface area (Å²) in [5, 5.41) is 3.34. The molecular formula is C14H26N2O2. The van der Waals surface area contributed by atoms with Crippen molar-refractivity contribution in [2.45, 2.75) is 51.7 Å². The first-order valence-electron chi connectivity index (χ1n) is 7.29. The van der Waals surface area contributed by atoms with Crippen molar-refractivity contribution in [1.82, 2.24) is 10.2 Å². The molecule has 0 aromatic heterocycles. The molecule has 18 heavy (non-hydrogen) atoms. The van der Waals surface area contributed by atoms with Gasteiger partial charge in [0.05, 0.1) is 6.10 Å². The van der Waals surface area contributed by atoms with Crippen LogP contribution in [0.4, 0.5) is 0 Å². The molecular weight excluding hydrogens is 228 g/mol. The molecule has 0 aromatic carbocycles. The lowest BCUT2D eigenvalue weighted by molar-refractivity contribution is -0.141.